The van der Waals surface area contributed by atoms with Crippen molar-refractivity contribution in [2.75, 3.05) is 0 Å². The molecule has 1 aromatic heterocycles. The summed E-state index contributed by atoms with van der Waals surface area (Å²) in [5.74, 6) is -1.09. The van der Waals surface area contributed by atoms with E-state index in [4.69, 9.17) is 0 Å². The fraction of sp³-hybridized carbons (Fsp3) is 0.250. The average Bonchev–Trinajstić information content (AvgIpc) is 2.68. The van der Waals surface area contributed by atoms with Crippen molar-refractivity contribution in [1.82, 2.24) is 15.3 Å². The summed E-state index contributed by atoms with van der Waals surface area (Å²) in [6.45, 7) is 2.81. The quantitative estimate of drug-likeness (QED) is 0.856. The lowest BCUT2D eigenvalue weighted by Crippen LogP contribution is -2.14. The van der Waals surface area contributed by atoms with Crippen LogP contribution in [0.15, 0.2) is 24.5 Å². The van der Waals surface area contributed by atoms with Crippen LogP contribution in [0.25, 0.3) is 0 Å². The van der Waals surface area contributed by atoms with Crippen LogP contribution in [-0.4, -0.2) is 9.97 Å². The van der Waals surface area contributed by atoms with Crippen LogP contribution in [0.2, 0.25) is 0 Å². The van der Waals surface area contributed by atoms with E-state index in [1.807, 2.05) is 6.92 Å². The van der Waals surface area contributed by atoms with Gasteiger partial charge in [0.15, 0.2) is 0 Å². The zero-order valence-corrected chi connectivity index (χ0v) is 9.43. The van der Waals surface area contributed by atoms with Crippen LogP contribution in [-0.2, 0) is 13.1 Å². The van der Waals surface area contributed by atoms with Crippen LogP contribution in [0.4, 0.5) is 8.78 Å². The first kappa shape index (κ1) is 11.7. The molecule has 0 fully saturated rings. The third kappa shape index (κ3) is 2.88. The van der Waals surface area contributed by atoms with E-state index in [-0.39, 0.29) is 0 Å². The molecule has 2 aromatic rings. The van der Waals surface area contributed by atoms with E-state index >= 15 is 0 Å². The summed E-state index contributed by atoms with van der Waals surface area (Å²) in [7, 11) is 0. The van der Waals surface area contributed by atoms with Crippen molar-refractivity contribution >= 4 is 0 Å². The van der Waals surface area contributed by atoms with E-state index < -0.39 is 11.6 Å². The molecule has 0 amide bonds. The highest BCUT2D eigenvalue weighted by atomic mass is 19.1. The highest BCUT2D eigenvalue weighted by Gasteiger charge is 2.04. The molecular weight excluding hydrogens is 224 g/mol. The molecule has 90 valence electrons. The van der Waals surface area contributed by atoms with Crippen molar-refractivity contribution < 1.29 is 8.78 Å². The molecule has 0 atom stereocenters. The molecule has 2 N–H and O–H groups in total. The summed E-state index contributed by atoms with van der Waals surface area (Å²) in [5.41, 5.74) is 2.32. The Bertz CT molecular complexity index is 508. The van der Waals surface area contributed by atoms with Gasteiger partial charge in [0.2, 0.25) is 0 Å². The topological polar surface area (TPSA) is 40.7 Å². The fourth-order valence-electron chi connectivity index (χ4n) is 1.55. The molecule has 0 unspecified atom stereocenters. The lowest BCUT2D eigenvalue weighted by atomic mass is 10.2. The monoisotopic (exact) mass is 237 g/mol. The van der Waals surface area contributed by atoms with Gasteiger partial charge in [0, 0.05) is 30.4 Å². The molecule has 0 radical (unpaired) electrons. The van der Waals surface area contributed by atoms with Crippen LogP contribution in [0.1, 0.15) is 17.0 Å². The molecule has 0 aliphatic rings. The second-order valence-electron chi connectivity index (χ2n) is 3.81. The van der Waals surface area contributed by atoms with Gasteiger partial charge in [-0.3, -0.25) is 0 Å². The first-order chi connectivity index (χ1) is 8.16. The number of aromatic nitrogens is 2. The van der Waals surface area contributed by atoms with E-state index in [2.05, 4.69) is 15.3 Å². The van der Waals surface area contributed by atoms with Gasteiger partial charge < -0.3 is 10.3 Å². The van der Waals surface area contributed by atoms with Crippen LogP contribution in [0, 0.1) is 18.6 Å². The van der Waals surface area contributed by atoms with Crippen molar-refractivity contribution in [2.45, 2.75) is 20.0 Å². The van der Waals surface area contributed by atoms with E-state index in [1.54, 1.807) is 6.33 Å². The number of nitrogens with zero attached hydrogens (tertiary/aromatic N) is 1. The second-order valence-corrected chi connectivity index (χ2v) is 3.81. The molecular formula is C12H13F2N3. The van der Waals surface area contributed by atoms with Crippen LogP contribution in [0.5, 0.6) is 0 Å². The minimum atomic E-state index is -0.561. The standard InChI is InChI=1S/C12H13F2N3/c1-8-12(17-7-16-8)6-15-5-9-2-3-10(13)4-11(9)14/h2-4,7,15H,5-6H2,1H3,(H,16,17). The molecule has 0 aliphatic heterocycles. The summed E-state index contributed by atoms with van der Waals surface area (Å²) in [6, 6.07) is 3.58. The van der Waals surface area contributed by atoms with Crippen molar-refractivity contribution in [2.24, 2.45) is 0 Å². The SMILES string of the molecule is Cc1[nH]cnc1CNCc1ccc(F)cc1F. The highest BCUT2D eigenvalue weighted by Crippen LogP contribution is 2.09. The second kappa shape index (κ2) is 5.05. The van der Waals surface area contributed by atoms with Gasteiger partial charge in [-0.05, 0) is 13.0 Å². The number of halogens is 2. The molecule has 0 saturated carbocycles. The lowest BCUT2D eigenvalue weighted by Gasteiger charge is -2.05. The number of imidazole rings is 1. The lowest BCUT2D eigenvalue weighted by molar-refractivity contribution is 0.559. The summed E-state index contributed by atoms with van der Waals surface area (Å²) < 4.78 is 26.0. The molecule has 1 aromatic carbocycles. The Hall–Kier alpha value is -1.75. The Morgan fingerprint density at radius 2 is 2.12 bits per heavy atom. The maximum absolute atomic E-state index is 13.3. The minimum Gasteiger partial charge on any atom is -0.348 e. The number of benzene rings is 1. The Kier molecular flexibility index (Phi) is 3.49. The number of hydrogen-bond acceptors (Lipinski definition) is 2. The summed E-state index contributed by atoms with van der Waals surface area (Å²) in [5, 5.41) is 3.06. The van der Waals surface area contributed by atoms with E-state index in [0.717, 1.165) is 17.5 Å². The number of H-pyrrole nitrogens is 1. The maximum Gasteiger partial charge on any atom is 0.130 e. The summed E-state index contributed by atoms with van der Waals surface area (Å²) in [4.78, 5) is 7.07. The summed E-state index contributed by atoms with van der Waals surface area (Å²) >= 11 is 0. The Morgan fingerprint density at radius 1 is 1.29 bits per heavy atom. The van der Waals surface area contributed by atoms with Crippen molar-refractivity contribution in [3.63, 3.8) is 0 Å². The molecule has 0 bridgehead atoms. The minimum absolute atomic E-state index is 0.346. The molecule has 2 rings (SSSR count). The largest absolute Gasteiger partial charge is 0.348 e. The molecule has 3 nitrogen and oxygen atoms in total. The van der Waals surface area contributed by atoms with Gasteiger partial charge in [-0.1, -0.05) is 6.07 Å². The normalized spacial score (nSPS) is 10.8. The Labute approximate surface area is 97.9 Å². The predicted molar refractivity (Wildman–Crippen MR) is 60.2 cm³/mol. The van der Waals surface area contributed by atoms with E-state index in [9.17, 15) is 8.78 Å². The van der Waals surface area contributed by atoms with Crippen LogP contribution in [0.3, 0.4) is 0 Å². The number of hydrogen-bond donors (Lipinski definition) is 2. The van der Waals surface area contributed by atoms with E-state index in [1.165, 1.54) is 12.1 Å². The van der Waals surface area contributed by atoms with Crippen LogP contribution >= 0.6 is 0 Å². The molecule has 1 heterocycles. The zero-order chi connectivity index (χ0) is 12.3. The zero-order valence-electron chi connectivity index (χ0n) is 9.43. The maximum atomic E-state index is 13.3. The van der Waals surface area contributed by atoms with Crippen molar-refractivity contribution in [1.29, 1.82) is 0 Å². The number of nitrogens with one attached hydrogen (secondary N) is 2. The first-order valence-electron chi connectivity index (χ1n) is 5.30. The van der Waals surface area contributed by atoms with Crippen molar-refractivity contribution in [3.8, 4) is 0 Å². The number of aromatic amines is 1. The van der Waals surface area contributed by atoms with Gasteiger partial charge in [0.1, 0.15) is 11.6 Å². The predicted octanol–water partition coefficient (Wildman–Crippen LogP) is 2.29. The molecule has 0 saturated heterocycles. The highest BCUT2D eigenvalue weighted by molar-refractivity contribution is 5.18. The smallest absolute Gasteiger partial charge is 0.130 e. The molecule has 0 spiro atoms. The van der Waals surface area contributed by atoms with Crippen molar-refractivity contribution in [3.05, 3.63) is 53.1 Å². The molecule has 17 heavy (non-hydrogen) atoms. The third-order valence-electron chi connectivity index (χ3n) is 2.56. The number of aryl methyl sites for hydroxylation is 1. The Morgan fingerprint density at radius 3 is 2.76 bits per heavy atom. The van der Waals surface area contributed by atoms with Gasteiger partial charge >= 0.3 is 0 Å². The van der Waals surface area contributed by atoms with Gasteiger partial charge in [-0.15, -0.1) is 0 Å². The number of rotatable bonds is 4. The molecule has 5 heteroatoms. The average molecular weight is 237 g/mol. The third-order valence-corrected chi connectivity index (χ3v) is 2.56. The van der Waals surface area contributed by atoms with Crippen LogP contribution < -0.4 is 5.32 Å². The van der Waals surface area contributed by atoms with Gasteiger partial charge in [0.05, 0.1) is 12.0 Å². The van der Waals surface area contributed by atoms with E-state index in [0.29, 0.717) is 18.7 Å². The van der Waals surface area contributed by atoms with Gasteiger partial charge in [-0.25, -0.2) is 13.8 Å². The van der Waals surface area contributed by atoms with Gasteiger partial charge in [0.25, 0.3) is 0 Å². The molecule has 0 aliphatic carbocycles. The Balaban J connectivity index is 1.92. The van der Waals surface area contributed by atoms with Gasteiger partial charge in [-0.2, -0.15) is 0 Å². The first-order valence-corrected chi connectivity index (χ1v) is 5.30. The fourth-order valence-corrected chi connectivity index (χ4v) is 1.55. The summed E-state index contributed by atoms with van der Waals surface area (Å²) in [6.07, 6.45) is 1.62.